The monoisotopic (exact) mass is 473 g/mol. The minimum Gasteiger partial charge on any atom is -0.465 e. The Kier molecular flexibility index (Phi) is 8.02. The first kappa shape index (κ1) is 24.6. The average Bonchev–Trinajstić information content (AvgIpc) is 3.03. The maximum Gasteiger partial charge on any atom is 0.416 e. The van der Waals surface area contributed by atoms with Crippen LogP contribution in [0.4, 0.5) is 23.9 Å². The van der Waals surface area contributed by atoms with Gasteiger partial charge in [0.05, 0.1) is 23.1 Å². The first-order valence-electron chi connectivity index (χ1n) is 9.29. The van der Waals surface area contributed by atoms with Gasteiger partial charge in [-0.1, -0.05) is 0 Å². The van der Waals surface area contributed by atoms with E-state index >= 15 is 0 Å². The lowest BCUT2D eigenvalue weighted by molar-refractivity contribution is -0.137. The Balaban J connectivity index is 2.28. The van der Waals surface area contributed by atoms with Gasteiger partial charge in [-0.25, -0.2) is 4.79 Å². The number of hydrogen-bond acceptors (Lipinski definition) is 5. The van der Waals surface area contributed by atoms with E-state index in [0.29, 0.717) is 34.2 Å². The number of carbonyl (C=O) groups excluding carboxylic acids is 2. The van der Waals surface area contributed by atoms with E-state index in [1.807, 2.05) is 13.8 Å². The third-order valence-corrected chi connectivity index (χ3v) is 5.88. The zero-order valence-electron chi connectivity index (χ0n) is 17.3. The summed E-state index contributed by atoms with van der Waals surface area (Å²) in [5.74, 6) is -0.848. The molecule has 1 aromatic heterocycles. The van der Waals surface area contributed by atoms with Gasteiger partial charge in [0.2, 0.25) is 0 Å². The number of rotatable bonds is 6. The van der Waals surface area contributed by atoms with E-state index < -0.39 is 17.7 Å². The molecule has 0 bridgehead atoms. The Hall–Kier alpha value is -2.66. The molecule has 2 aromatic rings. The largest absolute Gasteiger partial charge is 0.465 e. The smallest absolute Gasteiger partial charge is 0.416 e. The molecular weight excluding hydrogens is 451 g/mol. The van der Waals surface area contributed by atoms with Crippen LogP contribution < -0.4 is 10.6 Å². The molecule has 0 atom stereocenters. The second-order valence-corrected chi connectivity index (χ2v) is 7.81. The van der Waals surface area contributed by atoms with Crippen LogP contribution in [-0.4, -0.2) is 42.1 Å². The van der Waals surface area contributed by atoms with E-state index in [1.165, 1.54) is 19.2 Å². The van der Waals surface area contributed by atoms with E-state index in [4.69, 9.17) is 17.0 Å². The summed E-state index contributed by atoms with van der Waals surface area (Å²) in [5.41, 5.74) is 0.198. The van der Waals surface area contributed by atoms with Crippen molar-refractivity contribution in [1.82, 2.24) is 4.90 Å². The van der Waals surface area contributed by atoms with Crippen molar-refractivity contribution in [3.05, 3.63) is 45.8 Å². The fraction of sp³-hybridized carbons (Fsp3) is 0.350. The number of nitrogens with one attached hydrogen (secondary N) is 2. The third-order valence-electron chi connectivity index (χ3n) is 4.48. The van der Waals surface area contributed by atoms with E-state index in [0.717, 1.165) is 23.5 Å². The lowest BCUT2D eigenvalue weighted by Gasteiger charge is -2.18. The predicted molar refractivity (Wildman–Crippen MR) is 119 cm³/mol. The molecule has 168 valence electrons. The van der Waals surface area contributed by atoms with Crippen LogP contribution >= 0.6 is 23.6 Å². The normalized spacial score (nSPS) is 11.1. The number of hydrogen-bond donors (Lipinski definition) is 2. The van der Waals surface area contributed by atoms with Gasteiger partial charge in [-0.05, 0) is 62.8 Å². The van der Waals surface area contributed by atoms with Gasteiger partial charge >= 0.3 is 12.1 Å². The van der Waals surface area contributed by atoms with Gasteiger partial charge in [-0.2, -0.15) is 13.2 Å². The summed E-state index contributed by atoms with van der Waals surface area (Å²) in [6, 6.07) is 4.35. The molecule has 1 heterocycles. The molecule has 11 heteroatoms. The van der Waals surface area contributed by atoms with Crippen LogP contribution in [0.5, 0.6) is 0 Å². The summed E-state index contributed by atoms with van der Waals surface area (Å²) in [4.78, 5) is 27.1. The van der Waals surface area contributed by atoms with E-state index in [9.17, 15) is 22.8 Å². The molecule has 2 N–H and O–H groups in total. The van der Waals surface area contributed by atoms with Crippen molar-refractivity contribution in [3.8, 4) is 0 Å². The van der Waals surface area contributed by atoms with Gasteiger partial charge in [0.1, 0.15) is 5.00 Å². The highest BCUT2D eigenvalue weighted by Crippen LogP contribution is 2.35. The van der Waals surface area contributed by atoms with Crippen molar-refractivity contribution < 1.29 is 27.5 Å². The minimum atomic E-state index is -4.44. The molecule has 2 rings (SSSR count). The fourth-order valence-electron chi connectivity index (χ4n) is 2.82. The number of nitrogens with zero attached hydrogens (tertiary/aromatic N) is 1. The lowest BCUT2D eigenvalue weighted by atomic mass is 10.1. The van der Waals surface area contributed by atoms with Gasteiger partial charge in [0, 0.05) is 18.8 Å². The number of ether oxygens (including phenoxy) is 1. The second-order valence-electron chi connectivity index (χ2n) is 6.38. The van der Waals surface area contributed by atoms with Gasteiger partial charge < -0.3 is 20.3 Å². The number of amides is 1. The quantitative estimate of drug-likeness (QED) is 0.447. The molecule has 6 nitrogen and oxygen atoms in total. The molecule has 0 fully saturated rings. The van der Waals surface area contributed by atoms with Crippen molar-refractivity contribution >= 4 is 51.2 Å². The Bertz CT molecular complexity index is 969. The SMILES string of the molecule is CCN(CC)C(=O)c1sc(NC(=S)Nc2ccc(C(F)(F)F)cc2)c(C(=O)OC)c1C. The number of esters is 1. The predicted octanol–water partition coefficient (Wildman–Crippen LogP) is 5.15. The number of benzene rings is 1. The van der Waals surface area contributed by atoms with Crippen molar-refractivity contribution in [1.29, 1.82) is 0 Å². The van der Waals surface area contributed by atoms with Crippen LogP contribution in [-0.2, 0) is 10.9 Å². The number of alkyl halides is 3. The van der Waals surface area contributed by atoms with Gasteiger partial charge in [0.25, 0.3) is 5.91 Å². The Morgan fingerprint density at radius 1 is 1.13 bits per heavy atom. The highest BCUT2D eigenvalue weighted by molar-refractivity contribution is 7.80. The van der Waals surface area contributed by atoms with E-state index in [-0.39, 0.29) is 16.6 Å². The number of thiophene rings is 1. The number of anilines is 2. The zero-order chi connectivity index (χ0) is 23.3. The second kappa shape index (κ2) is 10.1. The summed E-state index contributed by atoms with van der Waals surface area (Å²) < 4.78 is 43.0. The van der Waals surface area contributed by atoms with Crippen LogP contribution in [0.2, 0.25) is 0 Å². The van der Waals surface area contributed by atoms with Gasteiger partial charge in [-0.15, -0.1) is 11.3 Å². The van der Waals surface area contributed by atoms with Gasteiger partial charge in [0.15, 0.2) is 5.11 Å². The van der Waals surface area contributed by atoms with Crippen molar-refractivity contribution in [2.75, 3.05) is 30.8 Å². The molecule has 0 spiro atoms. The van der Waals surface area contributed by atoms with Crippen LogP contribution in [0.25, 0.3) is 0 Å². The topological polar surface area (TPSA) is 70.7 Å². The summed E-state index contributed by atoms with van der Waals surface area (Å²) in [6.45, 7) is 6.38. The highest BCUT2D eigenvalue weighted by atomic mass is 32.1. The molecule has 0 aliphatic carbocycles. The molecule has 0 unspecified atom stereocenters. The molecule has 0 radical (unpaired) electrons. The zero-order valence-corrected chi connectivity index (χ0v) is 19.0. The lowest BCUT2D eigenvalue weighted by Crippen LogP contribution is -2.30. The number of thiocarbonyl (C=S) groups is 1. The Morgan fingerprint density at radius 3 is 2.19 bits per heavy atom. The van der Waals surface area contributed by atoms with Crippen molar-refractivity contribution in [2.45, 2.75) is 26.9 Å². The molecule has 0 aliphatic rings. The summed E-state index contributed by atoms with van der Waals surface area (Å²) in [6.07, 6.45) is -4.44. The van der Waals surface area contributed by atoms with Crippen LogP contribution in [0.1, 0.15) is 45.0 Å². The molecule has 0 aliphatic heterocycles. The average molecular weight is 474 g/mol. The summed E-state index contributed by atoms with van der Waals surface area (Å²) in [7, 11) is 1.23. The summed E-state index contributed by atoms with van der Waals surface area (Å²) >= 11 is 6.30. The van der Waals surface area contributed by atoms with Crippen LogP contribution in [0, 0.1) is 6.92 Å². The standard InChI is InChI=1S/C20H22F3N3O3S2/c1-5-26(6-2)17(27)15-11(3)14(18(28)29-4)16(31-15)25-19(30)24-13-9-7-12(8-10-13)20(21,22)23/h7-10H,5-6H2,1-4H3,(H2,24,25,30). The third kappa shape index (κ3) is 5.73. The maximum atomic E-state index is 12.8. The highest BCUT2D eigenvalue weighted by Gasteiger charge is 2.30. The molecule has 0 saturated carbocycles. The molecule has 0 saturated heterocycles. The van der Waals surface area contributed by atoms with Crippen LogP contribution in [0.15, 0.2) is 24.3 Å². The maximum absolute atomic E-state index is 12.8. The first-order chi connectivity index (χ1) is 14.5. The Morgan fingerprint density at radius 2 is 1.71 bits per heavy atom. The van der Waals surface area contributed by atoms with E-state index in [2.05, 4.69) is 10.6 Å². The van der Waals surface area contributed by atoms with E-state index in [1.54, 1.807) is 11.8 Å². The minimum absolute atomic E-state index is 0.0491. The first-order valence-corrected chi connectivity index (χ1v) is 10.5. The summed E-state index contributed by atoms with van der Waals surface area (Å²) in [5, 5.41) is 5.98. The van der Waals surface area contributed by atoms with Gasteiger partial charge in [-0.3, -0.25) is 4.79 Å². The fourth-order valence-corrected chi connectivity index (χ4v) is 4.27. The molecule has 1 amide bonds. The number of halogens is 3. The Labute approximate surface area is 187 Å². The number of carbonyl (C=O) groups is 2. The van der Waals surface area contributed by atoms with Crippen molar-refractivity contribution in [2.24, 2.45) is 0 Å². The van der Waals surface area contributed by atoms with Crippen LogP contribution in [0.3, 0.4) is 0 Å². The molecular formula is C20H22F3N3O3S2. The molecule has 1 aromatic carbocycles. The van der Waals surface area contributed by atoms with Crippen molar-refractivity contribution in [3.63, 3.8) is 0 Å². The number of methoxy groups -OCH3 is 1. The molecule has 31 heavy (non-hydrogen) atoms.